The van der Waals surface area contributed by atoms with Gasteiger partial charge in [0.1, 0.15) is 5.82 Å². The molecule has 0 fully saturated rings. The van der Waals surface area contributed by atoms with E-state index in [1.165, 1.54) is 6.07 Å². The van der Waals surface area contributed by atoms with Crippen LogP contribution in [0.25, 0.3) is 0 Å². The first-order valence-electron chi connectivity index (χ1n) is 6.32. The topological polar surface area (TPSA) is 41.3 Å². The average Bonchev–Trinajstić information content (AvgIpc) is 2.34. The monoisotopic (exact) mass is 253 g/mol. The van der Waals surface area contributed by atoms with Gasteiger partial charge in [0, 0.05) is 11.6 Å². The summed E-state index contributed by atoms with van der Waals surface area (Å²) in [6.45, 7) is 4.30. The van der Waals surface area contributed by atoms with E-state index in [9.17, 15) is 4.39 Å². The molecule has 0 aliphatic heterocycles. The SMILES string of the molecule is CCC(C)(C(Cc1cccc(F)c1)NN)N(C)C. The van der Waals surface area contributed by atoms with E-state index in [-0.39, 0.29) is 17.4 Å². The van der Waals surface area contributed by atoms with Crippen LogP contribution < -0.4 is 11.3 Å². The zero-order chi connectivity index (χ0) is 13.8. The molecule has 0 amide bonds. The number of hydrogen-bond acceptors (Lipinski definition) is 3. The van der Waals surface area contributed by atoms with E-state index in [1.807, 2.05) is 20.2 Å². The van der Waals surface area contributed by atoms with E-state index >= 15 is 0 Å². The van der Waals surface area contributed by atoms with Crippen molar-refractivity contribution in [3.05, 3.63) is 35.6 Å². The van der Waals surface area contributed by atoms with Gasteiger partial charge in [-0.2, -0.15) is 0 Å². The van der Waals surface area contributed by atoms with Gasteiger partial charge in [0.05, 0.1) is 0 Å². The molecule has 0 aromatic heterocycles. The highest BCUT2D eigenvalue weighted by Crippen LogP contribution is 2.23. The van der Waals surface area contributed by atoms with Crippen LogP contribution in [0, 0.1) is 5.82 Å². The number of nitrogens with two attached hydrogens (primary N) is 1. The fourth-order valence-corrected chi connectivity index (χ4v) is 2.23. The van der Waals surface area contributed by atoms with E-state index < -0.39 is 0 Å². The number of hydrazine groups is 1. The molecule has 0 spiro atoms. The second kappa shape index (κ2) is 6.27. The maximum absolute atomic E-state index is 13.2. The van der Waals surface area contributed by atoms with Crippen LogP contribution >= 0.6 is 0 Å². The van der Waals surface area contributed by atoms with Gasteiger partial charge in [0.25, 0.3) is 0 Å². The largest absolute Gasteiger partial charge is 0.302 e. The summed E-state index contributed by atoms with van der Waals surface area (Å²) >= 11 is 0. The van der Waals surface area contributed by atoms with Crippen molar-refractivity contribution in [1.29, 1.82) is 0 Å². The molecule has 0 aliphatic rings. The summed E-state index contributed by atoms with van der Waals surface area (Å²) < 4.78 is 13.2. The number of nitrogens with zero attached hydrogens (tertiary/aromatic N) is 1. The molecule has 1 aromatic carbocycles. The molecule has 2 atom stereocenters. The zero-order valence-electron chi connectivity index (χ0n) is 11.7. The minimum Gasteiger partial charge on any atom is -0.302 e. The van der Waals surface area contributed by atoms with E-state index in [0.29, 0.717) is 6.42 Å². The zero-order valence-corrected chi connectivity index (χ0v) is 11.7. The lowest BCUT2D eigenvalue weighted by molar-refractivity contribution is 0.112. The Labute approximate surface area is 109 Å². The Kier molecular flexibility index (Phi) is 5.26. The molecule has 1 aromatic rings. The second-order valence-corrected chi connectivity index (χ2v) is 5.16. The Bertz CT molecular complexity index is 381. The number of benzene rings is 1. The van der Waals surface area contributed by atoms with E-state index in [4.69, 9.17) is 5.84 Å². The highest BCUT2D eigenvalue weighted by Gasteiger charge is 2.34. The molecule has 0 aliphatic carbocycles. The van der Waals surface area contributed by atoms with Crippen molar-refractivity contribution in [2.24, 2.45) is 5.84 Å². The van der Waals surface area contributed by atoms with Crippen LogP contribution in [-0.4, -0.2) is 30.6 Å². The van der Waals surface area contributed by atoms with Gasteiger partial charge in [-0.1, -0.05) is 19.1 Å². The number of likely N-dealkylation sites (N-methyl/N-ethyl adjacent to an activating group) is 1. The molecule has 3 N–H and O–H groups in total. The minimum atomic E-state index is -0.202. The Morgan fingerprint density at radius 1 is 1.44 bits per heavy atom. The predicted octanol–water partition coefficient (Wildman–Crippen LogP) is 1.93. The standard InChI is InChI=1S/C14H24FN3/c1-5-14(2,18(3)4)13(17-16)10-11-7-6-8-12(15)9-11/h6-9,13,17H,5,10,16H2,1-4H3. The number of rotatable bonds is 6. The summed E-state index contributed by atoms with van der Waals surface area (Å²) in [7, 11) is 4.08. The van der Waals surface area contributed by atoms with Gasteiger partial charge >= 0.3 is 0 Å². The van der Waals surface area contributed by atoms with Crippen molar-refractivity contribution in [3.63, 3.8) is 0 Å². The van der Waals surface area contributed by atoms with Crippen LogP contribution in [0.4, 0.5) is 4.39 Å². The minimum absolute atomic E-state index is 0.0684. The molecule has 0 heterocycles. The lowest BCUT2D eigenvalue weighted by Crippen LogP contribution is -2.59. The fraction of sp³-hybridized carbons (Fsp3) is 0.571. The first-order chi connectivity index (χ1) is 8.43. The molecule has 3 nitrogen and oxygen atoms in total. The van der Waals surface area contributed by atoms with Crippen LogP contribution in [0.3, 0.4) is 0 Å². The van der Waals surface area contributed by atoms with E-state index in [0.717, 1.165) is 12.0 Å². The molecule has 0 saturated carbocycles. The van der Waals surface area contributed by atoms with Crippen molar-refractivity contribution in [1.82, 2.24) is 10.3 Å². The van der Waals surface area contributed by atoms with Gasteiger partial charge < -0.3 is 4.90 Å². The van der Waals surface area contributed by atoms with Gasteiger partial charge in [-0.15, -0.1) is 0 Å². The summed E-state index contributed by atoms with van der Waals surface area (Å²) in [6.07, 6.45) is 1.67. The second-order valence-electron chi connectivity index (χ2n) is 5.16. The predicted molar refractivity (Wildman–Crippen MR) is 73.6 cm³/mol. The van der Waals surface area contributed by atoms with Gasteiger partial charge in [-0.05, 0) is 51.6 Å². The van der Waals surface area contributed by atoms with Crippen molar-refractivity contribution in [3.8, 4) is 0 Å². The summed E-state index contributed by atoms with van der Waals surface area (Å²) in [6, 6.07) is 6.76. The third kappa shape index (κ3) is 3.28. The number of hydrogen-bond donors (Lipinski definition) is 2. The van der Waals surface area contributed by atoms with Crippen LogP contribution in [0.1, 0.15) is 25.8 Å². The summed E-state index contributed by atoms with van der Waals surface area (Å²) in [5.41, 5.74) is 3.77. The first-order valence-corrected chi connectivity index (χ1v) is 6.32. The van der Waals surface area contributed by atoms with Crippen molar-refractivity contribution >= 4 is 0 Å². The Balaban J connectivity index is 2.90. The number of nitrogens with one attached hydrogen (secondary N) is 1. The fourth-order valence-electron chi connectivity index (χ4n) is 2.23. The third-order valence-corrected chi connectivity index (χ3v) is 4.02. The maximum Gasteiger partial charge on any atom is 0.123 e. The van der Waals surface area contributed by atoms with Crippen LogP contribution in [0.5, 0.6) is 0 Å². The normalized spacial score (nSPS) is 16.6. The van der Waals surface area contributed by atoms with Gasteiger partial charge in [0.2, 0.25) is 0 Å². The van der Waals surface area contributed by atoms with E-state index in [2.05, 4.69) is 24.2 Å². The number of halogens is 1. The third-order valence-electron chi connectivity index (χ3n) is 4.02. The molecule has 4 heteroatoms. The Morgan fingerprint density at radius 3 is 2.56 bits per heavy atom. The molecule has 2 unspecified atom stereocenters. The summed E-state index contributed by atoms with van der Waals surface area (Å²) in [5, 5.41) is 0. The van der Waals surface area contributed by atoms with Crippen molar-refractivity contribution in [2.45, 2.75) is 38.3 Å². The summed E-state index contributed by atoms with van der Waals surface area (Å²) in [5.74, 6) is 5.49. The van der Waals surface area contributed by atoms with Gasteiger partial charge in [-0.25, -0.2) is 4.39 Å². The smallest absolute Gasteiger partial charge is 0.123 e. The average molecular weight is 253 g/mol. The lowest BCUT2D eigenvalue weighted by atomic mass is 9.84. The highest BCUT2D eigenvalue weighted by atomic mass is 19.1. The van der Waals surface area contributed by atoms with Crippen molar-refractivity contribution < 1.29 is 4.39 Å². The van der Waals surface area contributed by atoms with Crippen molar-refractivity contribution in [2.75, 3.05) is 14.1 Å². The van der Waals surface area contributed by atoms with Crippen LogP contribution in [0.15, 0.2) is 24.3 Å². The molecular formula is C14H24FN3. The first kappa shape index (κ1) is 15.1. The van der Waals surface area contributed by atoms with Gasteiger partial charge in [-0.3, -0.25) is 11.3 Å². The molecule has 0 bridgehead atoms. The quantitative estimate of drug-likeness (QED) is 0.601. The Hall–Kier alpha value is -0.970. The molecule has 18 heavy (non-hydrogen) atoms. The maximum atomic E-state index is 13.2. The highest BCUT2D eigenvalue weighted by molar-refractivity contribution is 5.18. The molecule has 102 valence electrons. The molecule has 0 saturated heterocycles. The molecular weight excluding hydrogens is 229 g/mol. The Morgan fingerprint density at radius 2 is 2.11 bits per heavy atom. The lowest BCUT2D eigenvalue weighted by Gasteiger charge is -2.42. The van der Waals surface area contributed by atoms with Gasteiger partial charge in [0.15, 0.2) is 0 Å². The molecule has 0 radical (unpaired) electrons. The van der Waals surface area contributed by atoms with E-state index in [1.54, 1.807) is 12.1 Å². The van der Waals surface area contributed by atoms with Crippen LogP contribution in [-0.2, 0) is 6.42 Å². The van der Waals surface area contributed by atoms with Crippen LogP contribution in [0.2, 0.25) is 0 Å². The molecule has 1 rings (SSSR count). The summed E-state index contributed by atoms with van der Waals surface area (Å²) in [4.78, 5) is 2.16.